The van der Waals surface area contributed by atoms with Crippen LogP contribution in [-0.4, -0.2) is 29.9 Å². The van der Waals surface area contributed by atoms with Gasteiger partial charge >= 0.3 is 0 Å². The van der Waals surface area contributed by atoms with Gasteiger partial charge in [-0.3, -0.25) is 9.59 Å². The van der Waals surface area contributed by atoms with Gasteiger partial charge in [-0.25, -0.2) is 0 Å². The first kappa shape index (κ1) is 13.5. The predicted molar refractivity (Wildman–Crippen MR) is 61.5 cm³/mol. The second-order valence-electron chi connectivity index (χ2n) is 4.96. The molecule has 0 aromatic heterocycles. The quantitative estimate of drug-likeness (QED) is 0.599. The third kappa shape index (κ3) is 3.71. The van der Waals surface area contributed by atoms with Gasteiger partial charge in [0.05, 0.1) is 12.6 Å². The van der Waals surface area contributed by atoms with Crippen molar-refractivity contribution in [2.75, 3.05) is 6.54 Å². The number of carbonyl (C=O) groups is 2. The molecule has 0 saturated carbocycles. The van der Waals surface area contributed by atoms with E-state index in [2.05, 4.69) is 10.6 Å². The molecule has 4 N–H and O–H groups in total. The number of nitriles is 1. The van der Waals surface area contributed by atoms with Crippen molar-refractivity contribution < 1.29 is 9.59 Å². The van der Waals surface area contributed by atoms with Crippen LogP contribution in [0.2, 0.25) is 0 Å². The number of hydrogen-bond donors (Lipinski definition) is 3. The first-order valence-corrected chi connectivity index (χ1v) is 5.59. The minimum Gasteiger partial charge on any atom is -0.351 e. The molecule has 2 amide bonds. The molecule has 0 aromatic rings. The van der Waals surface area contributed by atoms with Crippen LogP contribution in [0.4, 0.5) is 0 Å². The van der Waals surface area contributed by atoms with Gasteiger partial charge in [0, 0.05) is 11.5 Å². The van der Waals surface area contributed by atoms with Crippen LogP contribution in [0.3, 0.4) is 0 Å². The van der Waals surface area contributed by atoms with Crippen LogP contribution in [0.5, 0.6) is 0 Å². The highest BCUT2D eigenvalue weighted by Crippen LogP contribution is 2.27. The van der Waals surface area contributed by atoms with E-state index in [1.807, 2.05) is 19.9 Å². The lowest BCUT2D eigenvalue weighted by Crippen LogP contribution is -2.39. The van der Waals surface area contributed by atoms with Crippen molar-refractivity contribution in [3.05, 3.63) is 0 Å². The maximum atomic E-state index is 11.6. The largest absolute Gasteiger partial charge is 0.351 e. The lowest BCUT2D eigenvalue weighted by Gasteiger charge is -2.17. The Kier molecular flexibility index (Phi) is 4.07. The molecule has 1 fully saturated rings. The van der Waals surface area contributed by atoms with Crippen molar-refractivity contribution in [1.29, 1.82) is 5.26 Å². The van der Waals surface area contributed by atoms with Crippen LogP contribution in [-0.2, 0) is 9.59 Å². The molecule has 0 bridgehead atoms. The Morgan fingerprint density at radius 3 is 2.82 bits per heavy atom. The molecule has 1 aliphatic rings. The maximum Gasteiger partial charge on any atom is 0.234 e. The van der Waals surface area contributed by atoms with Gasteiger partial charge in [0.2, 0.25) is 11.8 Å². The van der Waals surface area contributed by atoms with Gasteiger partial charge in [-0.2, -0.15) is 5.26 Å². The van der Waals surface area contributed by atoms with Gasteiger partial charge in [0.15, 0.2) is 0 Å². The summed E-state index contributed by atoms with van der Waals surface area (Å²) < 4.78 is 0. The molecule has 2 atom stereocenters. The Labute approximate surface area is 101 Å². The number of rotatable bonds is 4. The van der Waals surface area contributed by atoms with E-state index in [9.17, 15) is 9.59 Å². The summed E-state index contributed by atoms with van der Waals surface area (Å²) in [5.74, 6) is -0.667. The van der Waals surface area contributed by atoms with Gasteiger partial charge in [0.25, 0.3) is 0 Å². The summed E-state index contributed by atoms with van der Waals surface area (Å²) in [5.41, 5.74) is 4.92. The summed E-state index contributed by atoms with van der Waals surface area (Å²) in [6, 6.07) is 1.32. The fourth-order valence-corrected chi connectivity index (χ4v) is 2.07. The molecule has 17 heavy (non-hydrogen) atoms. The van der Waals surface area contributed by atoms with Crippen molar-refractivity contribution >= 4 is 11.8 Å². The van der Waals surface area contributed by atoms with E-state index in [0.29, 0.717) is 12.8 Å². The lowest BCUT2D eigenvalue weighted by atomic mass is 9.92. The normalized spacial score (nSPS) is 23.6. The highest BCUT2D eigenvalue weighted by atomic mass is 16.2. The van der Waals surface area contributed by atoms with E-state index in [0.717, 1.165) is 0 Å². The molecule has 6 nitrogen and oxygen atoms in total. The highest BCUT2D eigenvalue weighted by molar-refractivity contribution is 5.82. The Bertz CT molecular complexity index is 359. The Morgan fingerprint density at radius 1 is 1.76 bits per heavy atom. The molecular formula is C11H18N4O2. The minimum absolute atomic E-state index is 0.0581. The van der Waals surface area contributed by atoms with E-state index >= 15 is 0 Å². The van der Waals surface area contributed by atoms with Gasteiger partial charge in [-0.05, 0) is 26.7 Å². The van der Waals surface area contributed by atoms with Gasteiger partial charge in [-0.15, -0.1) is 0 Å². The summed E-state index contributed by atoms with van der Waals surface area (Å²) in [5, 5.41) is 14.3. The Hall–Kier alpha value is -1.61. The number of nitrogens with two attached hydrogens (primary N) is 1. The van der Waals surface area contributed by atoms with E-state index in [4.69, 9.17) is 11.0 Å². The SMILES string of the molecule is CC1(C)C[C@@H](C[C@@H](C#N)NC(=O)CN)C(=O)N1. The van der Waals surface area contributed by atoms with Crippen LogP contribution in [0.15, 0.2) is 0 Å². The molecule has 0 aromatic carbocycles. The summed E-state index contributed by atoms with van der Waals surface area (Å²) in [7, 11) is 0. The first-order valence-electron chi connectivity index (χ1n) is 5.59. The molecule has 6 heteroatoms. The van der Waals surface area contributed by atoms with Crippen LogP contribution in [0, 0.1) is 17.2 Å². The highest BCUT2D eigenvalue weighted by Gasteiger charge is 2.38. The molecule has 1 heterocycles. The average molecular weight is 238 g/mol. The van der Waals surface area contributed by atoms with Crippen LogP contribution in [0.25, 0.3) is 0 Å². The van der Waals surface area contributed by atoms with E-state index in [-0.39, 0.29) is 29.8 Å². The van der Waals surface area contributed by atoms with Crippen molar-refractivity contribution in [1.82, 2.24) is 10.6 Å². The first-order chi connectivity index (χ1) is 7.88. The van der Waals surface area contributed by atoms with Crippen molar-refractivity contribution in [2.45, 2.75) is 38.3 Å². The van der Waals surface area contributed by atoms with Gasteiger partial charge in [0.1, 0.15) is 6.04 Å². The van der Waals surface area contributed by atoms with E-state index < -0.39 is 6.04 Å². The molecule has 0 radical (unpaired) electrons. The predicted octanol–water partition coefficient (Wildman–Crippen LogP) is -0.742. The van der Waals surface area contributed by atoms with Gasteiger partial charge < -0.3 is 16.4 Å². The summed E-state index contributed by atoms with van der Waals surface area (Å²) in [6.45, 7) is 3.72. The summed E-state index contributed by atoms with van der Waals surface area (Å²) >= 11 is 0. The monoisotopic (exact) mass is 238 g/mol. The smallest absolute Gasteiger partial charge is 0.234 e. The zero-order chi connectivity index (χ0) is 13.1. The zero-order valence-corrected chi connectivity index (χ0v) is 10.1. The number of carbonyl (C=O) groups excluding carboxylic acids is 2. The number of hydrogen-bond acceptors (Lipinski definition) is 4. The van der Waals surface area contributed by atoms with Crippen LogP contribution < -0.4 is 16.4 Å². The maximum absolute atomic E-state index is 11.6. The van der Waals surface area contributed by atoms with Crippen molar-refractivity contribution in [3.63, 3.8) is 0 Å². The topological polar surface area (TPSA) is 108 Å². The molecule has 0 unspecified atom stereocenters. The van der Waals surface area contributed by atoms with Crippen LogP contribution in [0.1, 0.15) is 26.7 Å². The molecule has 0 spiro atoms. The number of nitrogens with one attached hydrogen (secondary N) is 2. The molecular weight excluding hydrogens is 220 g/mol. The number of amides is 2. The summed E-state index contributed by atoms with van der Waals surface area (Å²) in [6.07, 6.45) is 1.00. The zero-order valence-electron chi connectivity index (χ0n) is 10.1. The Morgan fingerprint density at radius 2 is 2.41 bits per heavy atom. The van der Waals surface area contributed by atoms with E-state index in [1.165, 1.54) is 0 Å². The average Bonchev–Trinajstić information content (AvgIpc) is 2.50. The third-order valence-corrected chi connectivity index (χ3v) is 2.79. The summed E-state index contributed by atoms with van der Waals surface area (Å²) in [4.78, 5) is 22.7. The number of nitrogens with zero attached hydrogens (tertiary/aromatic N) is 1. The van der Waals surface area contributed by atoms with E-state index in [1.54, 1.807) is 0 Å². The molecule has 94 valence electrons. The molecule has 1 aliphatic heterocycles. The van der Waals surface area contributed by atoms with Crippen LogP contribution >= 0.6 is 0 Å². The Balaban J connectivity index is 2.56. The van der Waals surface area contributed by atoms with Gasteiger partial charge in [-0.1, -0.05) is 0 Å². The fourth-order valence-electron chi connectivity index (χ4n) is 2.07. The molecule has 1 saturated heterocycles. The van der Waals surface area contributed by atoms with Crippen molar-refractivity contribution in [3.8, 4) is 6.07 Å². The standard InChI is InChI=1S/C11H18N4O2/c1-11(2)4-7(10(17)15-11)3-8(5-12)14-9(16)6-13/h7-8H,3-4,6,13H2,1-2H3,(H,14,16)(H,15,17)/t7-,8+/m1/s1. The third-order valence-electron chi connectivity index (χ3n) is 2.79. The van der Waals surface area contributed by atoms with Crippen molar-refractivity contribution in [2.24, 2.45) is 11.7 Å². The molecule has 0 aliphatic carbocycles. The second-order valence-corrected chi connectivity index (χ2v) is 4.96. The molecule has 1 rings (SSSR count). The second kappa shape index (κ2) is 5.15. The fraction of sp³-hybridized carbons (Fsp3) is 0.727. The lowest BCUT2D eigenvalue weighted by molar-refractivity contribution is -0.124. The minimum atomic E-state index is -0.657.